The van der Waals surface area contributed by atoms with Crippen LogP contribution in [0, 0.1) is 10.1 Å². The lowest BCUT2D eigenvalue weighted by atomic mass is 10.2. The van der Waals surface area contributed by atoms with Crippen molar-refractivity contribution in [3.8, 4) is 0 Å². The summed E-state index contributed by atoms with van der Waals surface area (Å²) in [6, 6.07) is 0. The Morgan fingerprint density at radius 2 is 2.17 bits per heavy atom. The number of aryl methyl sites for hydroxylation is 1. The fraction of sp³-hybridized carbons (Fsp3) is 0.444. The summed E-state index contributed by atoms with van der Waals surface area (Å²) in [5, 5.41) is 22.9. The van der Waals surface area contributed by atoms with E-state index in [9.17, 15) is 19.7 Å². The van der Waals surface area contributed by atoms with Crippen molar-refractivity contribution in [3.63, 3.8) is 0 Å². The SMILES string of the molecule is NC(=O)CCCCn1cc([N+](=O)[O-])c(C(=O)O)n1. The van der Waals surface area contributed by atoms with Gasteiger partial charge in [-0.2, -0.15) is 5.10 Å². The van der Waals surface area contributed by atoms with Gasteiger partial charge in [0.25, 0.3) is 0 Å². The summed E-state index contributed by atoms with van der Waals surface area (Å²) in [5.74, 6) is -1.87. The van der Waals surface area contributed by atoms with Crippen molar-refractivity contribution in [2.24, 2.45) is 5.73 Å². The number of nitrogens with zero attached hydrogens (tertiary/aromatic N) is 3. The molecule has 1 heterocycles. The third-order valence-electron chi connectivity index (χ3n) is 2.20. The number of carbonyl (C=O) groups is 2. The number of aromatic nitrogens is 2. The smallest absolute Gasteiger partial charge is 0.363 e. The lowest BCUT2D eigenvalue weighted by Gasteiger charge is -1.98. The highest BCUT2D eigenvalue weighted by Gasteiger charge is 2.24. The van der Waals surface area contributed by atoms with Crippen molar-refractivity contribution in [2.75, 3.05) is 0 Å². The van der Waals surface area contributed by atoms with Gasteiger partial charge in [0.05, 0.1) is 4.92 Å². The molecule has 0 bridgehead atoms. The molecule has 1 aromatic heterocycles. The number of primary amides is 1. The van der Waals surface area contributed by atoms with Gasteiger partial charge >= 0.3 is 11.7 Å². The molecule has 0 aliphatic rings. The summed E-state index contributed by atoms with van der Waals surface area (Å²) >= 11 is 0. The van der Waals surface area contributed by atoms with E-state index in [4.69, 9.17) is 10.8 Å². The van der Waals surface area contributed by atoms with E-state index in [1.54, 1.807) is 0 Å². The average molecular weight is 256 g/mol. The second-order valence-corrected chi connectivity index (χ2v) is 3.61. The Bertz CT molecular complexity index is 450. The van der Waals surface area contributed by atoms with Crippen LogP contribution in [0.25, 0.3) is 0 Å². The predicted octanol–water partition coefficient (Wildman–Crippen LogP) is 0.145. The molecule has 0 spiro atoms. The van der Waals surface area contributed by atoms with Gasteiger partial charge in [-0.05, 0) is 12.8 Å². The normalized spacial score (nSPS) is 10.2. The van der Waals surface area contributed by atoms with Gasteiger partial charge in [-0.1, -0.05) is 0 Å². The Balaban J connectivity index is 2.67. The number of nitro groups is 1. The van der Waals surface area contributed by atoms with Crippen molar-refractivity contribution in [1.82, 2.24) is 9.78 Å². The highest BCUT2D eigenvalue weighted by Crippen LogP contribution is 2.16. The van der Waals surface area contributed by atoms with Crippen molar-refractivity contribution in [2.45, 2.75) is 25.8 Å². The third kappa shape index (κ3) is 3.54. The number of unbranched alkanes of at least 4 members (excludes halogenated alkanes) is 1. The third-order valence-corrected chi connectivity index (χ3v) is 2.20. The number of carboxylic acids is 1. The first-order valence-corrected chi connectivity index (χ1v) is 5.15. The zero-order valence-corrected chi connectivity index (χ0v) is 9.40. The van der Waals surface area contributed by atoms with E-state index in [0.29, 0.717) is 19.4 Å². The molecule has 18 heavy (non-hydrogen) atoms. The van der Waals surface area contributed by atoms with Crippen LogP contribution in [0.15, 0.2) is 6.20 Å². The van der Waals surface area contributed by atoms with Crippen LogP contribution in [0.3, 0.4) is 0 Å². The first-order valence-electron chi connectivity index (χ1n) is 5.15. The van der Waals surface area contributed by atoms with Gasteiger partial charge in [0.1, 0.15) is 6.20 Å². The van der Waals surface area contributed by atoms with Crippen LogP contribution in [0.5, 0.6) is 0 Å². The maximum absolute atomic E-state index is 10.7. The molecule has 0 atom stereocenters. The van der Waals surface area contributed by atoms with Crippen LogP contribution in [0.1, 0.15) is 29.8 Å². The van der Waals surface area contributed by atoms with Gasteiger partial charge in [0.15, 0.2) is 0 Å². The van der Waals surface area contributed by atoms with Crippen molar-refractivity contribution >= 4 is 17.6 Å². The molecular weight excluding hydrogens is 244 g/mol. The number of rotatable bonds is 7. The maximum Gasteiger partial charge on any atom is 0.363 e. The molecular formula is C9H12N4O5. The van der Waals surface area contributed by atoms with Crippen LogP contribution in [0.4, 0.5) is 5.69 Å². The minimum absolute atomic E-state index is 0.217. The van der Waals surface area contributed by atoms with E-state index in [1.165, 1.54) is 4.68 Å². The van der Waals surface area contributed by atoms with Gasteiger partial charge in [-0.3, -0.25) is 19.6 Å². The monoisotopic (exact) mass is 256 g/mol. The molecule has 3 N–H and O–H groups in total. The quantitative estimate of drug-likeness (QED) is 0.404. The Labute approximate surface area is 101 Å². The molecule has 0 aliphatic carbocycles. The molecule has 0 unspecified atom stereocenters. The van der Waals surface area contributed by atoms with Gasteiger partial charge in [-0.25, -0.2) is 4.79 Å². The van der Waals surface area contributed by atoms with E-state index in [2.05, 4.69) is 5.10 Å². The number of carboxylic acid groups (broad SMARTS) is 1. The van der Waals surface area contributed by atoms with Crippen LogP contribution >= 0.6 is 0 Å². The molecule has 0 saturated heterocycles. The van der Waals surface area contributed by atoms with Crippen LogP contribution in [0.2, 0.25) is 0 Å². The first kappa shape index (κ1) is 13.6. The number of hydrogen-bond acceptors (Lipinski definition) is 5. The number of amides is 1. The highest BCUT2D eigenvalue weighted by molar-refractivity contribution is 5.89. The van der Waals surface area contributed by atoms with E-state index in [0.717, 1.165) is 6.20 Å². The zero-order valence-electron chi connectivity index (χ0n) is 9.40. The number of carbonyl (C=O) groups excluding carboxylic acids is 1. The van der Waals surface area contributed by atoms with Gasteiger partial charge in [0.2, 0.25) is 11.6 Å². The van der Waals surface area contributed by atoms with Crippen molar-refractivity contribution < 1.29 is 19.6 Å². The second kappa shape index (κ2) is 5.75. The second-order valence-electron chi connectivity index (χ2n) is 3.61. The Morgan fingerprint density at radius 3 is 2.61 bits per heavy atom. The summed E-state index contributed by atoms with van der Waals surface area (Å²) in [6.07, 6.45) is 2.33. The number of nitrogens with two attached hydrogens (primary N) is 1. The van der Waals surface area contributed by atoms with Crippen LogP contribution < -0.4 is 5.73 Å². The summed E-state index contributed by atoms with van der Waals surface area (Å²) in [5.41, 5.74) is 3.82. The Morgan fingerprint density at radius 1 is 1.50 bits per heavy atom. The molecule has 1 rings (SSSR count). The molecule has 0 saturated carbocycles. The minimum Gasteiger partial charge on any atom is -0.476 e. The standard InChI is InChI=1S/C9H12N4O5/c10-7(14)3-1-2-4-12-5-6(13(17)18)8(11-12)9(15)16/h5H,1-4H2,(H2,10,14)(H,15,16). The lowest BCUT2D eigenvalue weighted by molar-refractivity contribution is -0.385. The molecule has 1 aromatic rings. The molecule has 0 radical (unpaired) electrons. The molecule has 98 valence electrons. The Kier molecular flexibility index (Phi) is 4.35. The van der Waals surface area contributed by atoms with E-state index >= 15 is 0 Å². The molecule has 0 aliphatic heterocycles. The van der Waals surface area contributed by atoms with E-state index in [-0.39, 0.29) is 6.42 Å². The zero-order chi connectivity index (χ0) is 13.7. The fourth-order valence-corrected chi connectivity index (χ4v) is 1.38. The number of aromatic carboxylic acids is 1. The van der Waals surface area contributed by atoms with Crippen molar-refractivity contribution in [1.29, 1.82) is 0 Å². The molecule has 9 heteroatoms. The van der Waals surface area contributed by atoms with Crippen molar-refractivity contribution in [3.05, 3.63) is 22.0 Å². The van der Waals surface area contributed by atoms with Gasteiger partial charge in [0, 0.05) is 13.0 Å². The van der Waals surface area contributed by atoms with E-state index < -0.39 is 28.2 Å². The molecule has 0 aromatic carbocycles. The van der Waals surface area contributed by atoms with Gasteiger partial charge < -0.3 is 10.8 Å². The molecule has 1 amide bonds. The largest absolute Gasteiger partial charge is 0.476 e. The average Bonchev–Trinajstić information content (AvgIpc) is 2.68. The van der Waals surface area contributed by atoms with E-state index in [1.807, 2.05) is 0 Å². The van der Waals surface area contributed by atoms with Crippen LogP contribution in [-0.2, 0) is 11.3 Å². The first-order chi connectivity index (χ1) is 8.41. The van der Waals surface area contributed by atoms with Gasteiger partial charge in [-0.15, -0.1) is 0 Å². The van der Waals surface area contributed by atoms with Crippen LogP contribution in [-0.4, -0.2) is 31.7 Å². The summed E-state index contributed by atoms with van der Waals surface area (Å²) in [7, 11) is 0. The summed E-state index contributed by atoms with van der Waals surface area (Å²) in [4.78, 5) is 31.0. The number of hydrogen-bond donors (Lipinski definition) is 2. The molecule has 9 nitrogen and oxygen atoms in total. The molecule has 0 fully saturated rings. The maximum atomic E-state index is 10.7. The Hall–Kier alpha value is -2.45. The fourth-order valence-electron chi connectivity index (χ4n) is 1.38. The minimum atomic E-state index is -1.45. The highest BCUT2D eigenvalue weighted by atomic mass is 16.6. The topological polar surface area (TPSA) is 141 Å². The lowest BCUT2D eigenvalue weighted by Crippen LogP contribution is -2.10. The predicted molar refractivity (Wildman–Crippen MR) is 58.9 cm³/mol. The summed E-state index contributed by atoms with van der Waals surface area (Å²) < 4.78 is 1.18. The summed E-state index contributed by atoms with van der Waals surface area (Å²) in [6.45, 7) is 0.293.